The lowest BCUT2D eigenvalue weighted by atomic mass is 10.0. The summed E-state index contributed by atoms with van der Waals surface area (Å²) < 4.78 is 3.00. The number of hydrogen-bond donors (Lipinski definition) is 1. The molecule has 3 heterocycles. The van der Waals surface area contributed by atoms with Crippen LogP contribution in [0.3, 0.4) is 0 Å². The summed E-state index contributed by atoms with van der Waals surface area (Å²) in [6, 6.07) is 4.31. The highest BCUT2D eigenvalue weighted by Crippen LogP contribution is 2.30. The third-order valence-corrected chi connectivity index (χ3v) is 5.18. The number of aryl methyl sites for hydroxylation is 1. The number of aromatic nitrogens is 4. The van der Waals surface area contributed by atoms with Crippen LogP contribution in [0.1, 0.15) is 30.6 Å². The molecule has 0 aromatic carbocycles. The Hall–Kier alpha value is -1.50. The van der Waals surface area contributed by atoms with Gasteiger partial charge in [-0.2, -0.15) is 0 Å². The second-order valence-electron chi connectivity index (χ2n) is 5.64. The molecule has 0 saturated carbocycles. The van der Waals surface area contributed by atoms with Gasteiger partial charge in [-0.15, -0.1) is 21.5 Å². The van der Waals surface area contributed by atoms with Crippen LogP contribution in [0, 0.1) is 5.92 Å². The summed E-state index contributed by atoms with van der Waals surface area (Å²) in [6.07, 6.45) is 3.47. The molecule has 0 unspecified atom stereocenters. The zero-order chi connectivity index (χ0) is 15.7. The van der Waals surface area contributed by atoms with Crippen LogP contribution < -0.4 is 5.32 Å². The van der Waals surface area contributed by atoms with Crippen LogP contribution in [0.5, 0.6) is 0 Å². The summed E-state index contributed by atoms with van der Waals surface area (Å²) in [5.74, 6) is 1.37. The van der Waals surface area contributed by atoms with Crippen LogP contribution in [-0.2, 0) is 13.6 Å². The number of nitrogens with one attached hydrogen (secondary N) is 1. The van der Waals surface area contributed by atoms with Gasteiger partial charge in [0.15, 0.2) is 0 Å². The van der Waals surface area contributed by atoms with Gasteiger partial charge in [-0.3, -0.25) is 0 Å². The highest BCUT2D eigenvalue weighted by atomic mass is 35.5. The van der Waals surface area contributed by atoms with E-state index in [1.165, 1.54) is 4.88 Å². The lowest BCUT2D eigenvalue weighted by Gasteiger charge is -2.21. The number of fused-ring (bicyclic) bond motifs is 1. The molecular weight excluding hydrogens is 318 g/mol. The first-order chi connectivity index (χ1) is 10.6. The molecule has 1 N–H and O–H groups in total. The van der Waals surface area contributed by atoms with Gasteiger partial charge in [-0.25, -0.2) is 4.98 Å². The van der Waals surface area contributed by atoms with Gasteiger partial charge in [0.2, 0.25) is 0 Å². The van der Waals surface area contributed by atoms with Crippen molar-refractivity contribution >= 4 is 33.0 Å². The zero-order valence-corrected chi connectivity index (χ0v) is 14.3. The topological polar surface area (TPSA) is 55.6 Å². The van der Waals surface area contributed by atoms with Gasteiger partial charge in [0, 0.05) is 24.7 Å². The van der Waals surface area contributed by atoms with E-state index in [2.05, 4.69) is 40.4 Å². The van der Waals surface area contributed by atoms with Crippen molar-refractivity contribution in [1.82, 2.24) is 25.1 Å². The van der Waals surface area contributed by atoms with Crippen molar-refractivity contribution in [1.29, 1.82) is 0 Å². The highest BCUT2D eigenvalue weighted by Gasteiger charge is 2.20. The summed E-state index contributed by atoms with van der Waals surface area (Å²) in [5.41, 5.74) is 0. The van der Waals surface area contributed by atoms with Crippen LogP contribution in [0.4, 0.5) is 0 Å². The van der Waals surface area contributed by atoms with E-state index >= 15 is 0 Å². The van der Waals surface area contributed by atoms with Crippen LogP contribution in [-0.4, -0.2) is 19.7 Å². The van der Waals surface area contributed by atoms with Gasteiger partial charge < -0.3 is 9.88 Å². The number of nitrogens with zero attached hydrogens (tertiary/aromatic N) is 4. The Kier molecular flexibility index (Phi) is 4.42. The number of pyridine rings is 1. The maximum absolute atomic E-state index is 6.14. The summed E-state index contributed by atoms with van der Waals surface area (Å²) >= 11 is 7.82. The van der Waals surface area contributed by atoms with Gasteiger partial charge in [0.1, 0.15) is 17.3 Å². The van der Waals surface area contributed by atoms with E-state index in [1.54, 1.807) is 23.9 Å². The van der Waals surface area contributed by atoms with Crippen molar-refractivity contribution in [3.8, 4) is 0 Å². The smallest absolute Gasteiger partial charge is 0.149 e. The Bertz CT molecular complexity index is 779. The van der Waals surface area contributed by atoms with Gasteiger partial charge in [-0.05, 0) is 23.4 Å². The zero-order valence-electron chi connectivity index (χ0n) is 12.7. The molecule has 3 aromatic rings. The van der Waals surface area contributed by atoms with Crippen LogP contribution in [0.25, 0.3) is 10.1 Å². The molecule has 5 nitrogen and oxygen atoms in total. The summed E-state index contributed by atoms with van der Waals surface area (Å²) in [6.45, 7) is 5.13. The van der Waals surface area contributed by atoms with E-state index in [1.807, 2.05) is 17.7 Å². The standard InChI is InChI=1S/C15H18ClN5S/c1-9(2)12(15-20-19-8-21(15)3)18-7-11-6-10-4-5-17-14(16)13(10)22-11/h4-6,8-9,12,18H,7H2,1-3H3/t12-/m0/s1. The normalized spacial score (nSPS) is 13.1. The summed E-state index contributed by atoms with van der Waals surface area (Å²) in [7, 11) is 1.97. The predicted octanol–water partition coefficient (Wildman–Crippen LogP) is 3.57. The molecule has 0 saturated heterocycles. The molecule has 3 aromatic heterocycles. The van der Waals surface area contributed by atoms with E-state index in [0.29, 0.717) is 11.1 Å². The van der Waals surface area contributed by atoms with Crippen molar-refractivity contribution in [2.45, 2.75) is 26.4 Å². The largest absolute Gasteiger partial charge is 0.319 e. The molecule has 7 heteroatoms. The second-order valence-corrected chi connectivity index (χ2v) is 7.13. The molecule has 0 bridgehead atoms. The van der Waals surface area contributed by atoms with E-state index in [-0.39, 0.29) is 6.04 Å². The fourth-order valence-corrected chi connectivity index (χ4v) is 3.75. The fourth-order valence-electron chi connectivity index (χ4n) is 2.48. The molecule has 0 amide bonds. The van der Waals surface area contributed by atoms with E-state index < -0.39 is 0 Å². The first kappa shape index (κ1) is 15.4. The first-order valence-corrected chi connectivity index (χ1v) is 8.36. The van der Waals surface area contributed by atoms with Crippen LogP contribution >= 0.6 is 22.9 Å². The minimum absolute atomic E-state index is 0.159. The minimum atomic E-state index is 0.159. The van der Waals surface area contributed by atoms with Gasteiger partial charge >= 0.3 is 0 Å². The maximum Gasteiger partial charge on any atom is 0.149 e. The Morgan fingerprint density at radius 1 is 1.41 bits per heavy atom. The Labute approximate surface area is 138 Å². The maximum atomic E-state index is 6.14. The molecular formula is C15H18ClN5S. The Balaban J connectivity index is 1.79. The van der Waals surface area contributed by atoms with E-state index in [0.717, 1.165) is 22.5 Å². The fraction of sp³-hybridized carbons (Fsp3) is 0.400. The molecule has 0 spiro atoms. The monoisotopic (exact) mass is 335 g/mol. The molecule has 0 aliphatic heterocycles. The van der Waals surface area contributed by atoms with Crippen molar-refractivity contribution < 1.29 is 0 Å². The highest BCUT2D eigenvalue weighted by molar-refractivity contribution is 7.19. The Morgan fingerprint density at radius 3 is 2.86 bits per heavy atom. The van der Waals surface area contributed by atoms with Crippen molar-refractivity contribution in [3.63, 3.8) is 0 Å². The molecule has 3 rings (SSSR count). The van der Waals surface area contributed by atoms with Gasteiger partial charge in [-0.1, -0.05) is 25.4 Å². The molecule has 0 aliphatic carbocycles. The number of thiophene rings is 1. The number of hydrogen-bond acceptors (Lipinski definition) is 5. The first-order valence-electron chi connectivity index (χ1n) is 7.16. The van der Waals surface area contributed by atoms with Gasteiger partial charge in [0.25, 0.3) is 0 Å². The molecule has 22 heavy (non-hydrogen) atoms. The molecule has 1 atom stereocenters. The molecule has 0 fully saturated rings. The van der Waals surface area contributed by atoms with Crippen LogP contribution in [0.2, 0.25) is 5.15 Å². The SMILES string of the molecule is CC(C)[C@H](NCc1cc2ccnc(Cl)c2s1)c1nncn1C. The third kappa shape index (κ3) is 2.99. The second kappa shape index (κ2) is 6.32. The van der Waals surface area contributed by atoms with Crippen molar-refractivity contribution in [3.05, 3.63) is 40.5 Å². The Morgan fingerprint density at radius 2 is 2.23 bits per heavy atom. The minimum Gasteiger partial charge on any atom is -0.319 e. The van der Waals surface area contributed by atoms with Crippen molar-refractivity contribution in [2.24, 2.45) is 13.0 Å². The molecule has 116 valence electrons. The van der Waals surface area contributed by atoms with E-state index in [4.69, 9.17) is 11.6 Å². The lowest BCUT2D eigenvalue weighted by Crippen LogP contribution is -2.27. The number of halogens is 1. The average molecular weight is 336 g/mol. The van der Waals surface area contributed by atoms with Crippen molar-refractivity contribution in [2.75, 3.05) is 0 Å². The summed E-state index contributed by atoms with van der Waals surface area (Å²) in [5, 5.41) is 13.5. The van der Waals surface area contributed by atoms with E-state index in [9.17, 15) is 0 Å². The van der Waals surface area contributed by atoms with Crippen LogP contribution in [0.15, 0.2) is 24.7 Å². The predicted molar refractivity (Wildman–Crippen MR) is 90.1 cm³/mol. The quantitative estimate of drug-likeness (QED) is 0.724. The average Bonchev–Trinajstić information content (AvgIpc) is 3.06. The summed E-state index contributed by atoms with van der Waals surface area (Å²) in [4.78, 5) is 5.36. The van der Waals surface area contributed by atoms with Gasteiger partial charge in [0.05, 0.1) is 10.7 Å². The number of rotatable bonds is 5. The lowest BCUT2D eigenvalue weighted by molar-refractivity contribution is 0.385. The molecule has 0 aliphatic rings. The molecule has 0 radical (unpaired) electrons. The third-order valence-electron chi connectivity index (χ3n) is 3.63.